The van der Waals surface area contributed by atoms with Crippen molar-refractivity contribution in [2.45, 2.75) is 39.5 Å². The van der Waals surface area contributed by atoms with Crippen molar-refractivity contribution in [2.24, 2.45) is 5.92 Å². The van der Waals surface area contributed by atoms with Crippen molar-refractivity contribution in [1.82, 2.24) is 9.97 Å². The van der Waals surface area contributed by atoms with E-state index in [1.165, 1.54) is 19.3 Å². The average Bonchev–Trinajstić information content (AvgIpc) is 3.02. The van der Waals surface area contributed by atoms with Gasteiger partial charge in [0.1, 0.15) is 11.5 Å². The van der Waals surface area contributed by atoms with Gasteiger partial charge in [0.2, 0.25) is 0 Å². The summed E-state index contributed by atoms with van der Waals surface area (Å²) in [6.07, 6.45) is 10.8. The van der Waals surface area contributed by atoms with Gasteiger partial charge in [-0.1, -0.05) is 25.7 Å². The Morgan fingerprint density at radius 3 is 2.81 bits per heavy atom. The molecule has 0 radical (unpaired) electrons. The standard InChI is InChI=1S/C22H31N3O/c1-4-7-20-18(6-3)19-8-9-21(24-22(19)23-20)25-13-10-17(11-14-25)12-16-26-15-5-2/h4,6-9,17H,3,5,10-16H2,1-2H3,(H,23,24)/b7-4-. The topological polar surface area (TPSA) is 41.2 Å². The summed E-state index contributed by atoms with van der Waals surface area (Å²) >= 11 is 0. The van der Waals surface area contributed by atoms with Crippen molar-refractivity contribution in [3.8, 4) is 0 Å². The van der Waals surface area contributed by atoms with Gasteiger partial charge in [-0.15, -0.1) is 0 Å². The van der Waals surface area contributed by atoms with Crippen LogP contribution in [0.1, 0.15) is 50.8 Å². The molecule has 1 fully saturated rings. The van der Waals surface area contributed by atoms with Crippen molar-refractivity contribution in [2.75, 3.05) is 31.2 Å². The Morgan fingerprint density at radius 2 is 2.12 bits per heavy atom. The minimum absolute atomic E-state index is 0.783. The first-order valence-electron chi connectivity index (χ1n) is 9.87. The van der Waals surface area contributed by atoms with Gasteiger partial charge in [0.05, 0.1) is 0 Å². The van der Waals surface area contributed by atoms with Crippen LogP contribution >= 0.6 is 0 Å². The highest BCUT2D eigenvalue weighted by Crippen LogP contribution is 2.28. The van der Waals surface area contributed by atoms with Crippen LogP contribution in [-0.2, 0) is 4.74 Å². The molecule has 1 N–H and O–H groups in total. The average molecular weight is 354 g/mol. The number of nitrogens with zero attached hydrogens (tertiary/aromatic N) is 2. The summed E-state index contributed by atoms with van der Waals surface area (Å²) in [5.74, 6) is 1.85. The summed E-state index contributed by atoms with van der Waals surface area (Å²) in [4.78, 5) is 10.7. The van der Waals surface area contributed by atoms with Crippen LogP contribution in [0, 0.1) is 5.92 Å². The number of allylic oxidation sites excluding steroid dienone is 1. The SMILES string of the molecule is C=Cc1c(/C=C\C)[nH]c2nc(N3CCC(CCOCCC)CC3)ccc12. The predicted molar refractivity (Wildman–Crippen MR) is 112 cm³/mol. The summed E-state index contributed by atoms with van der Waals surface area (Å²) in [6.45, 7) is 12.1. The van der Waals surface area contributed by atoms with Crippen molar-refractivity contribution in [3.63, 3.8) is 0 Å². The molecule has 140 valence electrons. The third-order valence-corrected chi connectivity index (χ3v) is 5.21. The highest BCUT2D eigenvalue weighted by molar-refractivity contribution is 5.91. The van der Waals surface area contributed by atoms with E-state index in [1.54, 1.807) is 0 Å². The first-order chi connectivity index (χ1) is 12.8. The van der Waals surface area contributed by atoms with Crippen LogP contribution in [-0.4, -0.2) is 36.3 Å². The van der Waals surface area contributed by atoms with E-state index in [1.807, 2.05) is 19.1 Å². The van der Waals surface area contributed by atoms with E-state index < -0.39 is 0 Å². The zero-order valence-electron chi connectivity index (χ0n) is 16.1. The third-order valence-electron chi connectivity index (χ3n) is 5.21. The Hall–Kier alpha value is -2.07. The lowest BCUT2D eigenvalue weighted by Crippen LogP contribution is -2.34. The number of aromatic amines is 1. The van der Waals surface area contributed by atoms with Gasteiger partial charge in [-0.2, -0.15) is 0 Å². The number of hydrogen-bond donors (Lipinski definition) is 1. The lowest BCUT2D eigenvalue weighted by molar-refractivity contribution is 0.116. The molecule has 1 aliphatic rings. The van der Waals surface area contributed by atoms with E-state index in [0.29, 0.717) is 0 Å². The van der Waals surface area contributed by atoms with Crippen LogP contribution in [0.5, 0.6) is 0 Å². The Balaban J connectivity index is 1.65. The second kappa shape index (κ2) is 9.04. The first kappa shape index (κ1) is 18.7. The van der Waals surface area contributed by atoms with E-state index in [9.17, 15) is 0 Å². The minimum atomic E-state index is 0.783. The van der Waals surface area contributed by atoms with Crippen LogP contribution in [0.25, 0.3) is 23.2 Å². The smallest absolute Gasteiger partial charge is 0.140 e. The molecule has 0 unspecified atom stereocenters. The first-order valence-corrected chi connectivity index (χ1v) is 9.87. The normalized spacial score (nSPS) is 16.0. The second-order valence-corrected chi connectivity index (χ2v) is 7.05. The quantitative estimate of drug-likeness (QED) is 0.657. The van der Waals surface area contributed by atoms with Crippen LogP contribution in [0.2, 0.25) is 0 Å². The maximum absolute atomic E-state index is 5.65. The Bertz CT molecular complexity index is 754. The number of ether oxygens (including phenoxy) is 1. The second-order valence-electron chi connectivity index (χ2n) is 7.05. The van der Waals surface area contributed by atoms with Gasteiger partial charge in [-0.25, -0.2) is 4.98 Å². The molecule has 0 atom stereocenters. The molecule has 0 aliphatic carbocycles. The molecule has 0 saturated carbocycles. The molecule has 0 bridgehead atoms. The zero-order chi connectivity index (χ0) is 18.4. The number of hydrogen-bond acceptors (Lipinski definition) is 3. The Kier molecular flexibility index (Phi) is 6.51. The number of H-pyrrole nitrogens is 1. The van der Waals surface area contributed by atoms with Crippen LogP contribution in [0.15, 0.2) is 24.8 Å². The van der Waals surface area contributed by atoms with E-state index in [2.05, 4.69) is 41.6 Å². The van der Waals surface area contributed by atoms with E-state index >= 15 is 0 Å². The van der Waals surface area contributed by atoms with Crippen molar-refractivity contribution in [3.05, 3.63) is 36.0 Å². The Labute approximate surface area is 157 Å². The zero-order valence-corrected chi connectivity index (χ0v) is 16.1. The number of fused-ring (bicyclic) bond motifs is 1. The van der Waals surface area contributed by atoms with E-state index in [0.717, 1.165) is 66.8 Å². The fraction of sp³-hybridized carbons (Fsp3) is 0.500. The predicted octanol–water partition coefficient (Wildman–Crippen LogP) is 5.27. The fourth-order valence-corrected chi connectivity index (χ4v) is 3.74. The summed E-state index contributed by atoms with van der Waals surface area (Å²) in [7, 11) is 0. The summed E-state index contributed by atoms with van der Waals surface area (Å²) < 4.78 is 5.65. The van der Waals surface area contributed by atoms with Crippen molar-refractivity contribution >= 4 is 29.0 Å². The molecule has 1 aliphatic heterocycles. The van der Waals surface area contributed by atoms with Crippen molar-refractivity contribution < 1.29 is 4.74 Å². The number of rotatable bonds is 8. The molecule has 1 saturated heterocycles. The molecule has 0 aromatic carbocycles. The lowest BCUT2D eigenvalue weighted by Gasteiger charge is -2.32. The molecule has 26 heavy (non-hydrogen) atoms. The summed E-state index contributed by atoms with van der Waals surface area (Å²) in [5.41, 5.74) is 3.15. The number of piperidine rings is 1. The molecule has 0 amide bonds. The molecule has 4 heteroatoms. The van der Waals surface area contributed by atoms with Gasteiger partial charge in [-0.3, -0.25) is 0 Å². The summed E-state index contributed by atoms with van der Waals surface area (Å²) in [6, 6.07) is 4.32. The Morgan fingerprint density at radius 1 is 1.31 bits per heavy atom. The molecular weight excluding hydrogens is 322 g/mol. The van der Waals surface area contributed by atoms with Gasteiger partial charge in [0.25, 0.3) is 0 Å². The number of anilines is 1. The van der Waals surface area contributed by atoms with Crippen molar-refractivity contribution in [1.29, 1.82) is 0 Å². The highest BCUT2D eigenvalue weighted by atomic mass is 16.5. The lowest BCUT2D eigenvalue weighted by atomic mass is 9.94. The largest absolute Gasteiger partial charge is 0.381 e. The van der Waals surface area contributed by atoms with Gasteiger partial charge in [0, 0.05) is 42.9 Å². The number of aromatic nitrogens is 2. The fourth-order valence-electron chi connectivity index (χ4n) is 3.74. The van der Waals surface area contributed by atoms with Gasteiger partial charge in [0.15, 0.2) is 0 Å². The van der Waals surface area contributed by atoms with Crippen LogP contribution < -0.4 is 4.90 Å². The molecule has 4 nitrogen and oxygen atoms in total. The molecule has 0 spiro atoms. The van der Waals surface area contributed by atoms with Gasteiger partial charge < -0.3 is 14.6 Å². The molecule has 2 aromatic rings. The molecule has 3 rings (SSSR count). The van der Waals surface area contributed by atoms with Crippen LogP contribution in [0.4, 0.5) is 5.82 Å². The van der Waals surface area contributed by atoms with E-state index in [-0.39, 0.29) is 0 Å². The maximum Gasteiger partial charge on any atom is 0.140 e. The van der Waals surface area contributed by atoms with Crippen LogP contribution in [0.3, 0.4) is 0 Å². The summed E-state index contributed by atoms with van der Waals surface area (Å²) in [5, 5.41) is 1.14. The van der Waals surface area contributed by atoms with E-state index in [4.69, 9.17) is 9.72 Å². The van der Waals surface area contributed by atoms with Gasteiger partial charge >= 0.3 is 0 Å². The highest BCUT2D eigenvalue weighted by Gasteiger charge is 2.20. The maximum atomic E-state index is 5.65. The number of pyridine rings is 1. The molecule has 2 aromatic heterocycles. The number of nitrogens with one attached hydrogen (secondary N) is 1. The monoisotopic (exact) mass is 353 g/mol. The molecular formula is C22H31N3O. The van der Waals surface area contributed by atoms with Gasteiger partial charge in [-0.05, 0) is 56.7 Å². The molecule has 3 heterocycles. The minimum Gasteiger partial charge on any atom is -0.381 e. The third kappa shape index (κ3) is 4.18.